The number of aryl methyl sites for hydroxylation is 1. The van der Waals surface area contributed by atoms with Gasteiger partial charge in [0.15, 0.2) is 0 Å². The molecule has 1 aromatic heterocycles. The lowest BCUT2D eigenvalue weighted by Crippen LogP contribution is -2.47. The predicted octanol–water partition coefficient (Wildman–Crippen LogP) is 4.25. The van der Waals surface area contributed by atoms with Crippen molar-refractivity contribution >= 4 is 44.5 Å². The van der Waals surface area contributed by atoms with Crippen LogP contribution in [0.3, 0.4) is 0 Å². The summed E-state index contributed by atoms with van der Waals surface area (Å²) in [6, 6.07) is 17.5. The average Bonchev–Trinajstić information content (AvgIpc) is 2.81. The fraction of sp³-hybridized carbons (Fsp3) is 0.346. The Balaban J connectivity index is 1.16. The van der Waals surface area contributed by atoms with Crippen LogP contribution < -0.4 is 16.0 Å². The van der Waals surface area contributed by atoms with Gasteiger partial charge in [0, 0.05) is 47.8 Å². The Morgan fingerprint density at radius 2 is 1.82 bits per heavy atom. The largest absolute Gasteiger partial charge is 0.353 e. The highest BCUT2D eigenvalue weighted by molar-refractivity contribution is 9.10. The first-order valence-electron chi connectivity index (χ1n) is 11.6. The van der Waals surface area contributed by atoms with Gasteiger partial charge in [0.1, 0.15) is 0 Å². The molecule has 3 amide bonds. The molecule has 1 fully saturated rings. The van der Waals surface area contributed by atoms with Crippen molar-refractivity contribution in [3.05, 3.63) is 70.3 Å². The van der Waals surface area contributed by atoms with Gasteiger partial charge in [0.2, 0.25) is 5.91 Å². The van der Waals surface area contributed by atoms with E-state index in [2.05, 4.69) is 41.8 Å². The van der Waals surface area contributed by atoms with Crippen molar-refractivity contribution in [3.8, 4) is 0 Å². The number of urea groups is 1. The van der Waals surface area contributed by atoms with Crippen LogP contribution in [-0.4, -0.2) is 54.0 Å². The van der Waals surface area contributed by atoms with E-state index in [1.54, 1.807) is 0 Å². The Morgan fingerprint density at radius 3 is 2.59 bits per heavy atom. The molecular formula is C26H30BrN5O2. The SMILES string of the molecule is Cc1cc(NC(=O)NCCN2CCC(NC(=O)Cc3ccc(Br)cc3)CC2)c2ccccc2n1. The summed E-state index contributed by atoms with van der Waals surface area (Å²) < 4.78 is 1.01. The topological polar surface area (TPSA) is 86.4 Å². The number of para-hydroxylation sites is 1. The normalized spacial score (nSPS) is 14.6. The zero-order valence-corrected chi connectivity index (χ0v) is 20.9. The molecule has 0 unspecified atom stereocenters. The number of fused-ring (bicyclic) bond motifs is 1. The molecule has 0 bridgehead atoms. The lowest BCUT2D eigenvalue weighted by Gasteiger charge is -2.32. The third kappa shape index (κ3) is 6.77. The van der Waals surface area contributed by atoms with Crippen molar-refractivity contribution in [3.63, 3.8) is 0 Å². The van der Waals surface area contributed by atoms with Gasteiger partial charge < -0.3 is 20.9 Å². The first kappa shape index (κ1) is 24.2. The lowest BCUT2D eigenvalue weighted by molar-refractivity contribution is -0.121. The van der Waals surface area contributed by atoms with Crippen LogP contribution in [0.15, 0.2) is 59.1 Å². The highest BCUT2D eigenvalue weighted by Crippen LogP contribution is 2.22. The molecule has 1 saturated heterocycles. The van der Waals surface area contributed by atoms with Crippen molar-refractivity contribution in [2.24, 2.45) is 0 Å². The van der Waals surface area contributed by atoms with E-state index in [0.29, 0.717) is 13.0 Å². The monoisotopic (exact) mass is 523 g/mol. The third-order valence-corrected chi connectivity index (χ3v) is 6.57. The number of nitrogens with zero attached hydrogens (tertiary/aromatic N) is 2. The Labute approximate surface area is 208 Å². The van der Waals surface area contributed by atoms with Gasteiger partial charge in [-0.05, 0) is 49.6 Å². The smallest absolute Gasteiger partial charge is 0.319 e. The lowest BCUT2D eigenvalue weighted by atomic mass is 10.0. The van der Waals surface area contributed by atoms with Crippen molar-refractivity contribution < 1.29 is 9.59 Å². The number of hydrogen-bond donors (Lipinski definition) is 3. The van der Waals surface area contributed by atoms with Crippen LogP contribution in [0.2, 0.25) is 0 Å². The highest BCUT2D eigenvalue weighted by Gasteiger charge is 2.20. The van der Waals surface area contributed by atoms with E-state index in [0.717, 1.165) is 64.8 Å². The zero-order chi connectivity index (χ0) is 23.9. The third-order valence-electron chi connectivity index (χ3n) is 6.04. The molecule has 34 heavy (non-hydrogen) atoms. The van der Waals surface area contributed by atoms with Crippen LogP contribution in [0, 0.1) is 6.92 Å². The fourth-order valence-electron chi connectivity index (χ4n) is 4.27. The van der Waals surface area contributed by atoms with E-state index >= 15 is 0 Å². The number of carbonyl (C=O) groups is 2. The van der Waals surface area contributed by atoms with Gasteiger partial charge in [-0.15, -0.1) is 0 Å². The van der Waals surface area contributed by atoms with Crippen LogP contribution in [0.5, 0.6) is 0 Å². The Kier molecular flexibility index (Phi) is 8.13. The minimum Gasteiger partial charge on any atom is -0.353 e. The standard InChI is InChI=1S/C26H30BrN5O2/c1-18-16-24(22-4-2-3-5-23(22)29-18)31-26(34)28-12-15-32-13-10-21(11-14-32)30-25(33)17-19-6-8-20(27)9-7-19/h2-9,16,21H,10-15,17H2,1H3,(H,30,33)(H2,28,29,31,34). The first-order chi connectivity index (χ1) is 16.5. The molecule has 0 atom stereocenters. The van der Waals surface area contributed by atoms with E-state index in [4.69, 9.17) is 0 Å². The van der Waals surface area contributed by atoms with Crippen LogP contribution >= 0.6 is 15.9 Å². The number of rotatable bonds is 7. The number of nitrogens with one attached hydrogen (secondary N) is 3. The molecule has 4 rings (SSSR count). The number of benzene rings is 2. The molecule has 3 aromatic rings. The second kappa shape index (κ2) is 11.4. The number of hydrogen-bond acceptors (Lipinski definition) is 4. The number of carbonyl (C=O) groups excluding carboxylic acids is 2. The molecule has 0 radical (unpaired) electrons. The summed E-state index contributed by atoms with van der Waals surface area (Å²) >= 11 is 3.41. The van der Waals surface area contributed by atoms with Gasteiger partial charge in [-0.1, -0.05) is 46.3 Å². The summed E-state index contributed by atoms with van der Waals surface area (Å²) in [5.41, 5.74) is 3.50. The summed E-state index contributed by atoms with van der Waals surface area (Å²) in [5, 5.41) is 9.99. The maximum atomic E-state index is 12.4. The van der Waals surface area contributed by atoms with E-state index < -0.39 is 0 Å². The van der Waals surface area contributed by atoms with Gasteiger partial charge in [-0.25, -0.2) is 4.79 Å². The van der Waals surface area contributed by atoms with E-state index in [-0.39, 0.29) is 18.0 Å². The number of amides is 3. The molecule has 0 aliphatic carbocycles. The predicted molar refractivity (Wildman–Crippen MR) is 139 cm³/mol. The van der Waals surface area contributed by atoms with Crippen molar-refractivity contribution in [1.29, 1.82) is 0 Å². The minimum atomic E-state index is -0.217. The molecule has 0 saturated carbocycles. The summed E-state index contributed by atoms with van der Waals surface area (Å²) in [6.07, 6.45) is 2.24. The Hall–Kier alpha value is -2.97. The van der Waals surface area contributed by atoms with Crippen LogP contribution in [0.4, 0.5) is 10.5 Å². The van der Waals surface area contributed by atoms with E-state index in [1.807, 2.05) is 61.5 Å². The fourth-order valence-corrected chi connectivity index (χ4v) is 4.54. The summed E-state index contributed by atoms with van der Waals surface area (Å²) in [4.78, 5) is 31.6. The van der Waals surface area contributed by atoms with Gasteiger partial charge in [0.05, 0.1) is 17.6 Å². The van der Waals surface area contributed by atoms with Gasteiger partial charge in [0.25, 0.3) is 0 Å². The van der Waals surface area contributed by atoms with Crippen LogP contribution in [-0.2, 0) is 11.2 Å². The number of likely N-dealkylation sites (tertiary alicyclic amines) is 1. The average molecular weight is 524 g/mol. The van der Waals surface area contributed by atoms with Crippen molar-refractivity contribution in [2.75, 3.05) is 31.5 Å². The zero-order valence-electron chi connectivity index (χ0n) is 19.3. The molecule has 7 nitrogen and oxygen atoms in total. The van der Waals surface area contributed by atoms with Gasteiger partial charge >= 0.3 is 6.03 Å². The molecule has 1 aliphatic heterocycles. The number of pyridine rings is 1. The molecule has 3 N–H and O–H groups in total. The Morgan fingerprint density at radius 1 is 1.09 bits per heavy atom. The molecular weight excluding hydrogens is 494 g/mol. The first-order valence-corrected chi connectivity index (χ1v) is 12.4. The molecule has 8 heteroatoms. The summed E-state index contributed by atoms with van der Waals surface area (Å²) in [6.45, 7) is 5.07. The quantitative estimate of drug-likeness (QED) is 0.432. The second-order valence-corrected chi connectivity index (χ2v) is 9.61. The number of aromatic nitrogens is 1. The molecule has 1 aliphatic rings. The van der Waals surface area contributed by atoms with Crippen molar-refractivity contribution in [1.82, 2.24) is 20.5 Å². The number of piperidine rings is 1. The number of halogens is 1. The van der Waals surface area contributed by atoms with E-state index in [9.17, 15) is 9.59 Å². The summed E-state index contributed by atoms with van der Waals surface area (Å²) in [5.74, 6) is 0.0676. The molecule has 2 aromatic carbocycles. The van der Waals surface area contributed by atoms with Crippen LogP contribution in [0.1, 0.15) is 24.1 Å². The summed E-state index contributed by atoms with van der Waals surface area (Å²) in [7, 11) is 0. The van der Waals surface area contributed by atoms with E-state index in [1.165, 1.54) is 0 Å². The van der Waals surface area contributed by atoms with Gasteiger partial charge in [-0.3, -0.25) is 9.78 Å². The highest BCUT2D eigenvalue weighted by atomic mass is 79.9. The minimum absolute atomic E-state index is 0.0676. The molecule has 2 heterocycles. The number of anilines is 1. The Bertz CT molecular complexity index is 1140. The molecule has 0 spiro atoms. The second-order valence-electron chi connectivity index (χ2n) is 8.70. The van der Waals surface area contributed by atoms with Gasteiger partial charge in [-0.2, -0.15) is 0 Å². The maximum absolute atomic E-state index is 12.4. The molecule has 178 valence electrons. The van der Waals surface area contributed by atoms with Crippen LogP contribution in [0.25, 0.3) is 10.9 Å². The maximum Gasteiger partial charge on any atom is 0.319 e. The van der Waals surface area contributed by atoms with Crippen molar-refractivity contribution in [2.45, 2.75) is 32.2 Å².